The van der Waals surface area contributed by atoms with Gasteiger partial charge in [0, 0.05) is 36.2 Å². The van der Waals surface area contributed by atoms with Gasteiger partial charge in [-0.3, -0.25) is 19.1 Å². The van der Waals surface area contributed by atoms with Crippen molar-refractivity contribution in [2.75, 3.05) is 6.61 Å². The monoisotopic (exact) mass is 558 g/mol. The third-order valence-corrected chi connectivity index (χ3v) is 6.38. The molecular weight excluding hydrogens is 534 g/mol. The van der Waals surface area contributed by atoms with E-state index in [2.05, 4.69) is 9.97 Å². The Hall–Kier alpha value is -4.09. The van der Waals surface area contributed by atoms with Crippen LogP contribution >= 0.6 is 11.6 Å². The first kappa shape index (κ1) is 24.0. The minimum atomic E-state index is -2.93. The average Bonchev–Trinajstić information content (AvgIpc) is 2.87. The summed E-state index contributed by atoms with van der Waals surface area (Å²) in [5.41, 5.74) is -2.53. The van der Waals surface area contributed by atoms with E-state index in [4.69, 9.17) is 23.8 Å². The van der Waals surface area contributed by atoms with Crippen molar-refractivity contribution in [1.29, 1.82) is 0 Å². The number of aliphatic hydroxyl groups is 1. The van der Waals surface area contributed by atoms with Crippen LogP contribution in [0.15, 0.2) is 58.5 Å². The van der Waals surface area contributed by atoms with E-state index in [0.29, 0.717) is 36.4 Å². The molecule has 0 spiro atoms. The van der Waals surface area contributed by atoms with Crippen molar-refractivity contribution < 1.29 is 26.1 Å². The van der Waals surface area contributed by atoms with Gasteiger partial charge >= 0.3 is 0 Å². The lowest BCUT2D eigenvalue weighted by molar-refractivity contribution is 0.0767. The number of hydrogen-bond acceptors (Lipinski definition) is 7. The summed E-state index contributed by atoms with van der Waals surface area (Å²) in [5, 5.41) is 9.87. The maximum absolute atomic E-state index is 14.3. The first-order valence-electron chi connectivity index (χ1n) is 12.8. The van der Waals surface area contributed by atoms with Gasteiger partial charge in [-0.25, -0.2) is 18.3 Å². The minimum Gasteiger partial charge on any atom is -0.485 e. The molecule has 0 aromatic carbocycles. The van der Waals surface area contributed by atoms with Crippen LogP contribution in [0.25, 0.3) is 11.5 Å². The highest BCUT2D eigenvalue weighted by Crippen LogP contribution is 2.32. The molecule has 0 aliphatic carbocycles. The quantitative estimate of drug-likeness (QED) is 0.396. The normalized spacial score (nSPS) is 14.2. The molecule has 1 aliphatic rings. The fourth-order valence-corrected chi connectivity index (χ4v) is 4.30. The Balaban J connectivity index is 1.64. The van der Waals surface area contributed by atoms with Crippen LogP contribution in [0.2, 0.25) is 5.02 Å². The SMILES string of the molecule is [2H]C([2H])(Oc1cc2n(c(=O)c1Cl)-c1cc(-n3cccc(C(C)(C)O)c3=O)ncc1CCCO2)c1ncc(F)cc1F. The number of aromatic nitrogens is 4. The maximum Gasteiger partial charge on any atom is 0.280 e. The summed E-state index contributed by atoms with van der Waals surface area (Å²) in [4.78, 5) is 34.6. The van der Waals surface area contributed by atoms with Crippen molar-refractivity contribution in [3.8, 4) is 23.1 Å². The molecule has 0 saturated carbocycles. The van der Waals surface area contributed by atoms with E-state index in [9.17, 15) is 23.5 Å². The molecule has 0 bridgehead atoms. The van der Waals surface area contributed by atoms with E-state index >= 15 is 0 Å². The molecule has 12 heteroatoms. The van der Waals surface area contributed by atoms with Crippen molar-refractivity contribution >= 4 is 11.6 Å². The Morgan fingerprint density at radius 1 is 1.21 bits per heavy atom. The Morgan fingerprint density at radius 2 is 2.00 bits per heavy atom. The predicted molar refractivity (Wildman–Crippen MR) is 138 cm³/mol. The molecule has 0 atom stereocenters. The summed E-state index contributed by atoms with van der Waals surface area (Å²) in [5.74, 6) is -2.65. The van der Waals surface area contributed by atoms with Crippen LogP contribution < -0.4 is 20.6 Å². The highest BCUT2D eigenvalue weighted by Gasteiger charge is 2.24. The molecule has 0 amide bonds. The number of ether oxygens (including phenoxy) is 2. The van der Waals surface area contributed by atoms with Crippen LogP contribution in [0, 0.1) is 11.6 Å². The van der Waals surface area contributed by atoms with Crippen molar-refractivity contribution in [1.82, 2.24) is 19.1 Å². The lowest BCUT2D eigenvalue weighted by Gasteiger charge is -2.22. The number of halogens is 3. The number of aryl methyl sites for hydroxylation is 1. The van der Waals surface area contributed by atoms with E-state index in [1.54, 1.807) is 6.07 Å². The largest absolute Gasteiger partial charge is 0.485 e. The van der Waals surface area contributed by atoms with Gasteiger partial charge in [-0.1, -0.05) is 11.6 Å². The smallest absolute Gasteiger partial charge is 0.280 e. The van der Waals surface area contributed by atoms with Crippen molar-refractivity contribution in [3.05, 3.63) is 103 Å². The molecule has 4 aromatic rings. The van der Waals surface area contributed by atoms with E-state index in [1.807, 2.05) is 0 Å². The number of fused-ring (bicyclic) bond motifs is 3. The van der Waals surface area contributed by atoms with Gasteiger partial charge in [0.25, 0.3) is 11.1 Å². The van der Waals surface area contributed by atoms with Crippen molar-refractivity contribution in [3.63, 3.8) is 0 Å². The van der Waals surface area contributed by atoms with Gasteiger partial charge in [0.15, 0.2) is 5.82 Å². The van der Waals surface area contributed by atoms with Gasteiger partial charge in [0.05, 0.1) is 26.8 Å². The lowest BCUT2D eigenvalue weighted by atomic mass is 10.0. The second kappa shape index (κ2) is 10.2. The van der Waals surface area contributed by atoms with Gasteiger partial charge in [-0.2, -0.15) is 0 Å². The van der Waals surface area contributed by atoms with Crippen LogP contribution in [-0.4, -0.2) is 30.8 Å². The van der Waals surface area contributed by atoms with Crippen LogP contribution in [0.1, 0.15) is 39.8 Å². The molecular formula is C27H23ClF2N4O5. The molecule has 5 rings (SSSR count). The first-order valence-corrected chi connectivity index (χ1v) is 12.2. The first-order chi connectivity index (χ1) is 19.3. The third kappa shape index (κ3) is 5.15. The van der Waals surface area contributed by atoms with E-state index in [0.717, 1.165) is 4.57 Å². The van der Waals surface area contributed by atoms with E-state index in [1.165, 1.54) is 49.0 Å². The highest BCUT2D eigenvalue weighted by atomic mass is 35.5. The summed E-state index contributed by atoms with van der Waals surface area (Å²) in [6, 6.07) is 6.23. The third-order valence-electron chi connectivity index (χ3n) is 6.03. The van der Waals surface area contributed by atoms with Gasteiger partial charge in [0.1, 0.15) is 34.7 Å². The zero-order valence-corrected chi connectivity index (χ0v) is 21.5. The molecule has 0 unspecified atom stereocenters. The molecule has 0 radical (unpaired) electrons. The molecule has 5 heterocycles. The topological polar surface area (TPSA) is 108 Å². The fourth-order valence-electron chi connectivity index (χ4n) is 4.12. The van der Waals surface area contributed by atoms with Gasteiger partial charge in [0.2, 0.25) is 5.88 Å². The van der Waals surface area contributed by atoms with Crippen molar-refractivity contribution in [2.45, 2.75) is 38.8 Å². The Bertz CT molecular complexity index is 1790. The lowest BCUT2D eigenvalue weighted by Crippen LogP contribution is -2.31. The molecule has 1 N–H and O–H groups in total. The number of hydrogen-bond donors (Lipinski definition) is 1. The standard InChI is InChI=1S/C27H23ClF2N4O5/c1-27(2,37)17-6-3-7-33(25(17)35)22-10-20-15(12-32-22)5-4-8-38-23-11-21(24(28)26(36)34(20)23)39-14-19-18(30)9-16(29)13-31-19/h3,6-7,9-13,37H,4-5,8,14H2,1-2H3/i14D2. The molecule has 1 aliphatic heterocycles. The zero-order chi connectivity index (χ0) is 29.7. The molecule has 39 heavy (non-hydrogen) atoms. The summed E-state index contributed by atoms with van der Waals surface area (Å²) in [6.45, 7) is 0.214. The highest BCUT2D eigenvalue weighted by molar-refractivity contribution is 6.31. The molecule has 0 saturated heterocycles. The Morgan fingerprint density at radius 3 is 2.74 bits per heavy atom. The number of nitrogens with zero attached hydrogens (tertiary/aromatic N) is 4. The Labute approximate surface area is 228 Å². The van der Waals surface area contributed by atoms with Gasteiger partial charge < -0.3 is 14.6 Å². The van der Waals surface area contributed by atoms with E-state index in [-0.39, 0.29) is 23.9 Å². The van der Waals surface area contributed by atoms with Gasteiger partial charge in [-0.15, -0.1) is 0 Å². The zero-order valence-electron chi connectivity index (χ0n) is 22.7. The number of rotatable bonds is 5. The molecule has 0 fully saturated rings. The number of pyridine rings is 4. The molecule has 4 aromatic heterocycles. The summed E-state index contributed by atoms with van der Waals surface area (Å²) < 4.78 is 57.4. The summed E-state index contributed by atoms with van der Waals surface area (Å²) in [7, 11) is 0. The molecule has 9 nitrogen and oxygen atoms in total. The van der Waals surface area contributed by atoms with Gasteiger partial charge in [-0.05, 0) is 44.4 Å². The minimum absolute atomic E-state index is 0.0616. The predicted octanol–water partition coefficient (Wildman–Crippen LogP) is 3.84. The average molecular weight is 559 g/mol. The molecule has 202 valence electrons. The van der Waals surface area contributed by atoms with Crippen LogP contribution in [0.4, 0.5) is 8.78 Å². The van der Waals surface area contributed by atoms with Crippen LogP contribution in [0.3, 0.4) is 0 Å². The van der Waals surface area contributed by atoms with E-state index < -0.39 is 51.4 Å². The second-order valence-corrected chi connectivity index (χ2v) is 9.65. The van der Waals surface area contributed by atoms with Crippen LogP contribution in [-0.2, 0) is 18.6 Å². The summed E-state index contributed by atoms with van der Waals surface area (Å²) in [6.07, 6.45) is 4.63. The maximum atomic E-state index is 14.3. The second-order valence-electron chi connectivity index (χ2n) is 9.27. The van der Waals surface area contributed by atoms with Crippen LogP contribution in [0.5, 0.6) is 11.6 Å². The Kier molecular flexibility index (Phi) is 6.29. The fraction of sp³-hybridized carbons (Fsp3) is 0.259. The summed E-state index contributed by atoms with van der Waals surface area (Å²) >= 11 is 6.35. The van der Waals surface area contributed by atoms with Crippen molar-refractivity contribution in [2.24, 2.45) is 0 Å².